The first-order valence-corrected chi connectivity index (χ1v) is 8.73. The predicted molar refractivity (Wildman–Crippen MR) is 93.1 cm³/mol. The Balaban J connectivity index is 1.65. The molecule has 0 unspecified atom stereocenters. The van der Waals surface area contributed by atoms with E-state index < -0.39 is 0 Å². The molecule has 0 bridgehead atoms. The van der Waals surface area contributed by atoms with E-state index in [-0.39, 0.29) is 11.9 Å². The van der Waals surface area contributed by atoms with Gasteiger partial charge in [-0.1, -0.05) is 23.2 Å². The largest absolute Gasteiger partial charge is 0.324 e. The molecular formula is C16H16Cl2N2OS. The van der Waals surface area contributed by atoms with Crippen molar-refractivity contribution in [2.45, 2.75) is 19.4 Å². The normalized spacial score (nSPS) is 18.0. The Morgan fingerprint density at radius 2 is 2.23 bits per heavy atom. The zero-order chi connectivity index (χ0) is 15.7. The van der Waals surface area contributed by atoms with E-state index in [1.807, 2.05) is 0 Å². The van der Waals surface area contributed by atoms with Crippen molar-refractivity contribution in [2.75, 3.05) is 18.4 Å². The monoisotopic (exact) mass is 354 g/mol. The second kappa shape index (κ2) is 6.59. The number of carbonyl (C=O) groups excluding carboxylic acids is 1. The summed E-state index contributed by atoms with van der Waals surface area (Å²) in [5.74, 6) is -0.0604. The minimum absolute atomic E-state index is 0.0604. The highest BCUT2D eigenvalue weighted by Gasteiger charge is 2.26. The minimum atomic E-state index is -0.0604. The number of halogens is 2. The van der Waals surface area contributed by atoms with Crippen molar-refractivity contribution >= 4 is 46.1 Å². The SMILES string of the molecule is C[C@H]1c2ccsc2CCN1CC(=O)Nc1ccc(Cl)cc1Cl. The first kappa shape index (κ1) is 15.8. The summed E-state index contributed by atoms with van der Waals surface area (Å²) in [7, 11) is 0. The zero-order valence-corrected chi connectivity index (χ0v) is 14.4. The maximum absolute atomic E-state index is 12.3. The van der Waals surface area contributed by atoms with Crippen LogP contribution in [0.5, 0.6) is 0 Å². The van der Waals surface area contributed by atoms with Crippen molar-refractivity contribution in [1.29, 1.82) is 0 Å². The lowest BCUT2D eigenvalue weighted by molar-refractivity contribution is -0.117. The highest BCUT2D eigenvalue weighted by atomic mass is 35.5. The molecule has 1 N–H and O–H groups in total. The van der Waals surface area contributed by atoms with Gasteiger partial charge >= 0.3 is 0 Å². The minimum Gasteiger partial charge on any atom is -0.324 e. The number of hydrogen-bond acceptors (Lipinski definition) is 3. The van der Waals surface area contributed by atoms with Gasteiger partial charge < -0.3 is 5.32 Å². The molecule has 0 saturated heterocycles. The number of amides is 1. The van der Waals surface area contributed by atoms with Crippen LogP contribution in [0.4, 0.5) is 5.69 Å². The lowest BCUT2D eigenvalue weighted by Crippen LogP contribution is -2.39. The van der Waals surface area contributed by atoms with Gasteiger partial charge in [-0.2, -0.15) is 0 Å². The van der Waals surface area contributed by atoms with Crippen molar-refractivity contribution in [3.8, 4) is 0 Å². The van der Waals surface area contributed by atoms with Gasteiger partial charge in [-0.05, 0) is 48.6 Å². The summed E-state index contributed by atoms with van der Waals surface area (Å²) in [5.41, 5.74) is 1.94. The molecule has 2 heterocycles. The molecule has 1 atom stereocenters. The molecule has 2 aromatic rings. The number of fused-ring (bicyclic) bond motifs is 1. The number of carbonyl (C=O) groups is 1. The van der Waals surface area contributed by atoms with Crippen LogP contribution in [0, 0.1) is 0 Å². The van der Waals surface area contributed by atoms with E-state index in [4.69, 9.17) is 23.2 Å². The van der Waals surface area contributed by atoms with E-state index in [1.54, 1.807) is 29.5 Å². The van der Waals surface area contributed by atoms with Crippen molar-refractivity contribution < 1.29 is 4.79 Å². The van der Waals surface area contributed by atoms with E-state index in [9.17, 15) is 4.79 Å². The number of benzene rings is 1. The Kier molecular flexibility index (Phi) is 4.73. The zero-order valence-electron chi connectivity index (χ0n) is 12.1. The second-order valence-corrected chi connectivity index (χ2v) is 7.21. The molecule has 0 fully saturated rings. The van der Waals surface area contributed by atoms with Gasteiger partial charge in [0.1, 0.15) is 0 Å². The lowest BCUT2D eigenvalue weighted by Gasteiger charge is -2.32. The summed E-state index contributed by atoms with van der Waals surface area (Å²) in [5, 5.41) is 5.98. The standard InChI is InChI=1S/C16H16Cl2N2OS/c1-10-12-5-7-22-15(12)4-6-20(10)9-16(21)19-14-3-2-11(17)8-13(14)18/h2-3,5,7-8,10H,4,6,9H2,1H3,(H,19,21)/t10-/m0/s1. The summed E-state index contributed by atoms with van der Waals surface area (Å²) >= 11 is 13.7. The Morgan fingerprint density at radius 1 is 1.41 bits per heavy atom. The maximum Gasteiger partial charge on any atom is 0.238 e. The highest BCUT2D eigenvalue weighted by Crippen LogP contribution is 2.32. The summed E-state index contributed by atoms with van der Waals surface area (Å²) in [6, 6.07) is 7.48. The fourth-order valence-corrected chi connectivity index (χ4v) is 4.16. The van der Waals surface area contributed by atoms with Crippen LogP contribution >= 0.6 is 34.5 Å². The van der Waals surface area contributed by atoms with E-state index in [2.05, 4.69) is 28.6 Å². The molecule has 6 heteroatoms. The fraction of sp³-hybridized carbons (Fsp3) is 0.312. The predicted octanol–water partition coefficient (Wildman–Crippen LogP) is 4.61. The van der Waals surface area contributed by atoms with E-state index in [0.29, 0.717) is 22.3 Å². The molecule has 0 saturated carbocycles. The molecule has 1 aromatic carbocycles. The summed E-state index contributed by atoms with van der Waals surface area (Å²) < 4.78 is 0. The molecule has 1 aliphatic heterocycles. The molecular weight excluding hydrogens is 339 g/mol. The quantitative estimate of drug-likeness (QED) is 0.872. The Morgan fingerprint density at radius 3 is 3.00 bits per heavy atom. The number of thiophene rings is 1. The van der Waals surface area contributed by atoms with Crippen molar-refractivity contribution in [1.82, 2.24) is 4.90 Å². The van der Waals surface area contributed by atoms with Crippen LogP contribution in [0.3, 0.4) is 0 Å². The van der Waals surface area contributed by atoms with Crippen molar-refractivity contribution in [2.24, 2.45) is 0 Å². The van der Waals surface area contributed by atoms with Crippen LogP contribution in [0.15, 0.2) is 29.6 Å². The molecule has 3 rings (SSSR count). The molecule has 22 heavy (non-hydrogen) atoms. The number of nitrogens with one attached hydrogen (secondary N) is 1. The summed E-state index contributed by atoms with van der Waals surface area (Å²) in [4.78, 5) is 15.9. The molecule has 0 radical (unpaired) electrons. The molecule has 1 amide bonds. The Bertz CT molecular complexity index is 701. The summed E-state index contributed by atoms with van der Waals surface area (Å²) in [6.07, 6.45) is 1.01. The average Bonchev–Trinajstić information content (AvgIpc) is 2.94. The third-order valence-corrected chi connectivity index (χ3v) is 5.50. The molecule has 1 aliphatic rings. The molecule has 1 aromatic heterocycles. The van der Waals surface area contributed by atoms with E-state index in [0.717, 1.165) is 13.0 Å². The fourth-order valence-electron chi connectivity index (χ4n) is 2.74. The van der Waals surface area contributed by atoms with Gasteiger partial charge in [-0.3, -0.25) is 9.69 Å². The third kappa shape index (κ3) is 3.30. The smallest absolute Gasteiger partial charge is 0.238 e. The van der Waals surface area contributed by atoms with Gasteiger partial charge in [-0.25, -0.2) is 0 Å². The van der Waals surface area contributed by atoms with Crippen LogP contribution in [0.1, 0.15) is 23.4 Å². The number of nitrogens with zero attached hydrogens (tertiary/aromatic N) is 1. The third-order valence-electron chi connectivity index (χ3n) is 3.96. The first-order chi connectivity index (χ1) is 10.5. The van der Waals surface area contributed by atoms with Gasteiger partial charge in [-0.15, -0.1) is 11.3 Å². The van der Waals surface area contributed by atoms with Crippen molar-refractivity contribution in [3.05, 3.63) is 50.1 Å². The highest BCUT2D eigenvalue weighted by molar-refractivity contribution is 7.10. The van der Waals surface area contributed by atoms with E-state index >= 15 is 0 Å². The lowest BCUT2D eigenvalue weighted by atomic mass is 10.0. The van der Waals surface area contributed by atoms with Crippen LogP contribution in [0.25, 0.3) is 0 Å². The average molecular weight is 355 g/mol. The van der Waals surface area contributed by atoms with Gasteiger partial charge in [0.25, 0.3) is 0 Å². The molecule has 116 valence electrons. The van der Waals surface area contributed by atoms with Crippen LogP contribution in [-0.4, -0.2) is 23.9 Å². The van der Waals surface area contributed by atoms with Crippen LogP contribution in [-0.2, 0) is 11.2 Å². The Labute approximate surface area is 143 Å². The van der Waals surface area contributed by atoms with Gasteiger partial charge in [0.2, 0.25) is 5.91 Å². The number of anilines is 1. The van der Waals surface area contributed by atoms with E-state index in [1.165, 1.54) is 10.4 Å². The van der Waals surface area contributed by atoms with Gasteiger partial charge in [0, 0.05) is 22.5 Å². The topological polar surface area (TPSA) is 32.3 Å². The van der Waals surface area contributed by atoms with Gasteiger partial charge in [0.15, 0.2) is 0 Å². The van der Waals surface area contributed by atoms with Crippen LogP contribution < -0.4 is 5.32 Å². The number of rotatable bonds is 3. The maximum atomic E-state index is 12.3. The summed E-state index contributed by atoms with van der Waals surface area (Å²) in [6.45, 7) is 3.40. The number of hydrogen-bond donors (Lipinski definition) is 1. The molecule has 0 aliphatic carbocycles. The molecule has 0 spiro atoms. The first-order valence-electron chi connectivity index (χ1n) is 7.10. The van der Waals surface area contributed by atoms with Gasteiger partial charge in [0.05, 0.1) is 17.3 Å². The van der Waals surface area contributed by atoms with Crippen LogP contribution in [0.2, 0.25) is 10.0 Å². The van der Waals surface area contributed by atoms with Crippen molar-refractivity contribution in [3.63, 3.8) is 0 Å². The second-order valence-electron chi connectivity index (χ2n) is 5.37. The Hall–Kier alpha value is -1.07. The molecule has 3 nitrogen and oxygen atoms in total.